The van der Waals surface area contributed by atoms with Crippen molar-refractivity contribution in [3.8, 4) is 0 Å². The van der Waals surface area contributed by atoms with Crippen LogP contribution in [0.25, 0.3) is 0 Å². The highest BCUT2D eigenvalue weighted by molar-refractivity contribution is 6.29. The van der Waals surface area contributed by atoms with Crippen molar-refractivity contribution in [1.82, 2.24) is 0 Å². The van der Waals surface area contributed by atoms with Gasteiger partial charge in [-0.2, -0.15) is 0 Å². The molecule has 0 atom stereocenters. The highest BCUT2D eigenvalue weighted by Gasteiger charge is 2.10. The highest BCUT2D eigenvalue weighted by atomic mass is 35.5. The summed E-state index contributed by atoms with van der Waals surface area (Å²) in [4.78, 5) is 21.4. The molecule has 0 unspecified atom stereocenters. The lowest BCUT2D eigenvalue weighted by atomic mass is 10.2. The Kier molecular flexibility index (Phi) is 3.62. The van der Waals surface area contributed by atoms with Crippen molar-refractivity contribution in [3.05, 3.63) is 29.6 Å². The van der Waals surface area contributed by atoms with Gasteiger partial charge >= 0.3 is 5.97 Å². The van der Waals surface area contributed by atoms with Gasteiger partial charge in [-0.1, -0.05) is 0 Å². The third-order valence-electron chi connectivity index (χ3n) is 1.61. The average Bonchev–Trinajstić information content (AvgIpc) is 2.20. The van der Waals surface area contributed by atoms with Gasteiger partial charge in [-0.25, -0.2) is 9.18 Å². The zero-order valence-corrected chi connectivity index (χ0v) is 8.21. The second kappa shape index (κ2) is 4.75. The predicted molar refractivity (Wildman–Crippen MR) is 52.7 cm³/mol. The van der Waals surface area contributed by atoms with Crippen LogP contribution in [0.15, 0.2) is 18.2 Å². The number of alkyl halides is 1. The molecule has 0 fully saturated rings. The van der Waals surface area contributed by atoms with E-state index in [-0.39, 0.29) is 17.1 Å². The molecule has 15 heavy (non-hydrogen) atoms. The molecule has 0 heterocycles. The minimum absolute atomic E-state index is 0.110. The summed E-state index contributed by atoms with van der Waals surface area (Å²) in [5, 5.41) is 10.8. The van der Waals surface area contributed by atoms with E-state index in [4.69, 9.17) is 16.7 Å². The first-order chi connectivity index (χ1) is 7.04. The molecule has 0 aliphatic rings. The van der Waals surface area contributed by atoms with Crippen molar-refractivity contribution in [2.45, 2.75) is 0 Å². The van der Waals surface area contributed by atoms with Crippen LogP contribution in [0.3, 0.4) is 0 Å². The Morgan fingerprint density at radius 3 is 2.67 bits per heavy atom. The standard InChI is InChI=1S/C9H7ClFNO3/c10-4-8(13)12-7-3-5(9(14)15)1-2-6(7)11/h1-3H,4H2,(H,12,13)(H,14,15). The summed E-state index contributed by atoms with van der Waals surface area (Å²) in [6, 6.07) is 3.10. The molecule has 6 heteroatoms. The zero-order valence-electron chi connectivity index (χ0n) is 7.46. The number of carbonyl (C=O) groups is 2. The Balaban J connectivity index is 3.00. The van der Waals surface area contributed by atoms with E-state index in [0.29, 0.717) is 0 Å². The van der Waals surface area contributed by atoms with E-state index in [1.807, 2.05) is 0 Å². The number of amides is 1. The number of nitrogens with one attached hydrogen (secondary N) is 1. The summed E-state index contributed by atoms with van der Waals surface area (Å²) in [5.41, 5.74) is -0.304. The molecule has 0 bridgehead atoms. The van der Waals surface area contributed by atoms with Gasteiger partial charge in [0.05, 0.1) is 11.3 Å². The Morgan fingerprint density at radius 1 is 1.47 bits per heavy atom. The molecule has 0 radical (unpaired) electrons. The van der Waals surface area contributed by atoms with E-state index < -0.39 is 17.7 Å². The fourth-order valence-electron chi connectivity index (χ4n) is 0.938. The van der Waals surface area contributed by atoms with Crippen LogP contribution in [0.1, 0.15) is 10.4 Å². The molecule has 1 amide bonds. The maximum Gasteiger partial charge on any atom is 0.335 e. The molecule has 0 spiro atoms. The van der Waals surface area contributed by atoms with Crippen LogP contribution in [0.5, 0.6) is 0 Å². The van der Waals surface area contributed by atoms with Gasteiger partial charge < -0.3 is 10.4 Å². The normalized spacial score (nSPS) is 9.73. The number of benzene rings is 1. The molecule has 1 aromatic carbocycles. The van der Waals surface area contributed by atoms with Gasteiger partial charge in [0.25, 0.3) is 0 Å². The largest absolute Gasteiger partial charge is 0.478 e. The Hall–Kier alpha value is -1.62. The lowest BCUT2D eigenvalue weighted by Gasteiger charge is -2.05. The van der Waals surface area contributed by atoms with Crippen LogP contribution in [0.4, 0.5) is 10.1 Å². The summed E-state index contributed by atoms with van der Waals surface area (Å²) in [5.74, 6) is -2.83. The van der Waals surface area contributed by atoms with E-state index in [9.17, 15) is 14.0 Å². The molecular weight excluding hydrogens is 225 g/mol. The smallest absolute Gasteiger partial charge is 0.335 e. The number of hydrogen-bond acceptors (Lipinski definition) is 2. The molecule has 4 nitrogen and oxygen atoms in total. The van der Waals surface area contributed by atoms with Crippen LogP contribution in [-0.2, 0) is 4.79 Å². The van der Waals surface area contributed by atoms with Crippen LogP contribution in [0, 0.1) is 5.82 Å². The molecular formula is C9H7ClFNO3. The van der Waals surface area contributed by atoms with E-state index in [1.165, 1.54) is 0 Å². The second-order valence-corrected chi connectivity index (χ2v) is 2.95. The molecule has 0 saturated heterocycles. The third kappa shape index (κ3) is 2.92. The van der Waals surface area contributed by atoms with Gasteiger partial charge in [0, 0.05) is 0 Å². The van der Waals surface area contributed by atoms with E-state index in [2.05, 4.69) is 5.32 Å². The number of aromatic carboxylic acids is 1. The fourth-order valence-corrected chi connectivity index (χ4v) is 1.00. The number of carboxylic acid groups (broad SMARTS) is 1. The third-order valence-corrected chi connectivity index (χ3v) is 1.85. The first-order valence-electron chi connectivity index (χ1n) is 3.93. The quantitative estimate of drug-likeness (QED) is 0.778. The molecule has 1 rings (SSSR count). The van der Waals surface area contributed by atoms with Gasteiger partial charge in [-0.05, 0) is 18.2 Å². The number of carboxylic acids is 1. The number of halogens is 2. The van der Waals surface area contributed by atoms with Gasteiger partial charge in [0.1, 0.15) is 11.7 Å². The molecule has 0 aliphatic heterocycles. The van der Waals surface area contributed by atoms with E-state index in [1.54, 1.807) is 0 Å². The van der Waals surface area contributed by atoms with Crippen molar-refractivity contribution in [3.63, 3.8) is 0 Å². The summed E-state index contributed by atoms with van der Waals surface area (Å²) in [7, 11) is 0. The molecule has 2 N–H and O–H groups in total. The minimum atomic E-state index is -1.20. The highest BCUT2D eigenvalue weighted by Crippen LogP contribution is 2.16. The van der Waals surface area contributed by atoms with Crippen LogP contribution < -0.4 is 5.32 Å². The van der Waals surface area contributed by atoms with E-state index >= 15 is 0 Å². The molecule has 1 aromatic rings. The number of rotatable bonds is 3. The van der Waals surface area contributed by atoms with Crippen molar-refractivity contribution in [2.75, 3.05) is 11.2 Å². The van der Waals surface area contributed by atoms with Crippen molar-refractivity contribution in [1.29, 1.82) is 0 Å². The van der Waals surface area contributed by atoms with Gasteiger partial charge in [-0.15, -0.1) is 11.6 Å². The maximum atomic E-state index is 13.1. The van der Waals surface area contributed by atoms with Crippen molar-refractivity contribution in [2.24, 2.45) is 0 Å². The fraction of sp³-hybridized carbons (Fsp3) is 0.111. The Morgan fingerprint density at radius 2 is 2.13 bits per heavy atom. The summed E-state index contributed by atoms with van der Waals surface area (Å²) in [6.45, 7) is 0. The zero-order chi connectivity index (χ0) is 11.4. The Labute approximate surface area is 89.7 Å². The summed E-state index contributed by atoms with van der Waals surface area (Å²) < 4.78 is 13.1. The summed E-state index contributed by atoms with van der Waals surface area (Å²) in [6.07, 6.45) is 0. The lowest BCUT2D eigenvalue weighted by molar-refractivity contribution is -0.113. The van der Waals surface area contributed by atoms with Gasteiger partial charge in [0.15, 0.2) is 0 Å². The first-order valence-corrected chi connectivity index (χ1v) is 4.46. The predicted octanol–water partition coefficient (Wildman–Crippen LogP) is 1.70. The van der Waals surface area contributed by atoms with E-state index in [0.717, 1.165) is 18.2 Å². The molecule has 0 aliphatic carbocycles. The van der Waals surface area contributed by atoms with Crippen LogP contribution in [0.2, 0.25) is 0 Å². The second-order valence-electron chi connectivity index (χ2n) is 2.68. The van der Waals surface area contributed by atoms with Crippen molar-refractivity contribution < 1.29 is 19.1 Å². The van der Waals surface area contributed by atoms with Crippen LogP contribution in [-0.4, -0.2) is 22.9 Å². The number of anilines is 1. The SMILES string of the molecule is O=C(CCl)Nc1cc(C(=O)O)ccc1F. The van der Waals surface area contributed by atoms with Crippen molar-refractivity contribution >= 4 is 29.2 Å². The van der Waals surface area contributed by atoms with Gasteiger partial charge in [0.2, 0.25) is 5.91 Å². The molecule has 80 valence electrons. The summed E-state index contributed by atoms with van der Waals surface area (Å²) >= 11 is 5.21. The van der Waals surface area contributed by atoms with Crippen LogP contribution >= 0.6 is 11.6 Å². The maximum absolute atomic E-state index is 13.1. The monoisotopic (exact) mass is 231 g/mol. The Bertz CT molecular complexity index is 408. The van der Waals surface area contributed by atoms with Gasteiger partial charge in [-0.3, -0.25) is 4.79 Å². The topological polar surface area (TPSA) is 66.4 Å². The minimum Gasteiger partial charge on any atom is -0.478 e. The molecule has 0 aromatic heterocycles. The lowest BCUT2D eigenvalue weighted by Crippen LogP contribution is -2.14. The molecule has 0 saturated carbocycles. The first kappa shape index (κ1) is 11.5. The number of carbonyl (C=O) groups excluding carboxylic acids is 1. The number of hydrogen-bond donors (Lipinski definition) is 2. The average molecular weight is 232 g/mol.